The van der Waals surface area contributed by atoms with E-state index in [4.69, 9.17) is 9.47 Å². The molecule has 3 aromatic carbocycles. The maximum Gasteiger partial charge on any atom is 0.418 e. The lowest BCUT2D eigenvalue weighted by Crippen LogP contribution is -2.27. The fourth-order valence-electron chi connectivity index (χ4n) is 3.30. The van der Waals surface area contributed by atoms with Crippen LogP contribution in [0.2, 0.25) is 0 Å². The Bertz CT molecular complexity index is 948. The number of hydrogen-bond donors (Lipinski definition) is 0. The maximum absolute atomic E-state index is 12.8. The summed E-state index contributed by atoms with van der Waals surface area (Å²) in [5.41, 5.74) is 3.19. The third kappa shape index (κ3) is 6.45. The van der Waals surface area contributed by atoms with E-state index < -0.39 is 6.09 Å². The van der Waals surface area contributed by atoms with Crippen molar-refractivity contribution in [2.24, 2.45) is 0 Å². The van der Waals surface area contributed by atoms with E-state index in [-0.39, 0.29) is 18.7 Å². The summed E-state index contributed by atoms with van der Waals surface area (Å²) >= 11 is 0. The molecule has 0 heterocycles. The highest BCUT2D eigenvalue weighted by Gasteiger charge is 2.19. The average Bonchev–Trinajstić information content (AvgIpc) is 2.83. The minimum absolute atomic E-state index is 0.238. The summed E-state index contributed by atoms with van der Waals surface area (Å²) < 4.78 is 11.0. The van der Waals surface area contributed by atoms with Crippen molar-refractivity contribution in [2.75, 3.05) is 11.5 Å². The molecule has 3 aromatic rings. The van der Waals surface area contributed by atoms with Gasteiger partial charge in [-0.05, 0) is 68.1 Å². The van der Waals surface area contributed by atoms with Gasteiger partial charge in [0.05, 0.1) is 29.6 Å². The molecule has 0 aliphatic carbocycles. The van der Waals surface area contributed by atoms with Crippen molar-refractivity contribution in [1.82, 2.24) is 0 Å². The molecule has 5 heteroatoms. The molecule has 0 spiro atoms. The molecule has 0 aromatic heterocycles. The number of para-hydroxylation sites is 2. The third-order valence-corrected chi connectivity index (χ3v) is 5.10. The monoisotopic (exact) mass is 431 g/mol. The number of nitrogens with zero attached hydrogens (tertiary/aromatic N) is 1. The van der Waals surface area contributed by atoms with Gasteiger partial charge in [0, 0.05) is 0 Å². The molecule has 32 heavy (non-hydrogen) atoms. The Labute approximate surface area is 189 Å². The van der Waals surface area contributed by atoms with Crippen molar-refractivity contribution >= 4 is 23.4 Å². The second-order valence-corrected chi connectivity index (χ2v) is 7.53. The van der Waals surface area contributed by atoms with Crippen LogP contribution in [0.3, 0.4) is 0 Å². The van der Waals surface area contributed by atoms with E-state index in [1.807, 2.05) is 79.7 Å². The van der Waals surface area contributed by atoms with Crippen LogP contribution in [-0.2, 0) is 15.9 Å². The zero-order valence-electron chi connectivity index (χ0n) is 18.6. The molecule has 0 aliphatic heterocycles. The minimum Gasteiger partial charge on any atom is -0.459 e. The Hall–Kier alpha value is -3.60. The number of carbonyl (C=O) groups is 2. The van der Waals surface area contributed by atoms with Crippen LogP contribution in [-0.4, -0.2) is 24.8 Å². The summed E-state index contributed by atoms with van der Waals surface area (Å²) in [5.74, 6) is -0.337. The number of rotatable bonds is 9. The molecule has 1 amide bonds. The fourth-order valence-corrected chi connectivity index (χ4v) is 3.30. The largest absolute Gasteiger partial charge is 0.459 e. The van der Waals surface area contributed by atoms with E-state index in [1.165, 1.54) is 5.56 Å². The van der Waals surface area contributed by atoms with Gasteiger partial charge >= 0.3 is 12.1 Å². The molecule has 0 saturated heterocycles. The Kier molecular flexibility index (Phi) is 8.44. The minimum atomic E-state index is -0.442. The van der Waals surface area contributed by atoms with Gasteiger partial charge in [-0.3, -0.25) is 0 Å². The van der Waals surface area contributed by atoms with Crippen LogP contribution in [0.5, 0.6) is 0 Å². The molecule has 0 radical (unpaired) electrons. The van der Waals surface area contributed by atoms with Gasteiger partial charge in [-0.25, -0.2) is 14.5 Å². The lowest BCUT2D eigenvalue weighted by Gasteiger charge is -2.22. The molecule has 0 N–H and O–H groups in total. The Morgan fingerprint density at radius 3 is 1.94 bits per heavy atom. The molecular formula is C27H29NO4. The van der Waals surface area contributed by atoms with Gasteiger partial charge in [-0.2, -0.15) is 0 Å². The zero-order valence-corrected chi connectivity index (χ0v) is 18.6. The van der Waals surface area contributed by atoms with Crippen molar-refractivity contribution < 1.29 is 19.1 Å². The number of carbonyl (C=O) groups excluding carboxylic acids is 2. The first-order valence-corrected chi connectivity index (χ1v) is 11.0. The predicted octanol–water partition coefficient (Wildman–Crippen LogP) is 6.55. The summed E-state index contributed by atoms with van der Waals surface area (Å²) in [7, 11) is 0. The molecule has 0 bridgehead atoms. The Morgan fingerprint density at radius 2 is 1.41 bits per heavy atom. The van der Waals surface area contributed by atoms with Crippen LogP contribution in [0.1, 0.15) is 42.6 Å². The van der Waals surface area contributed by atoms with E-state index in [9.17, 15) is 9.59 Å². The molecule has 0 saturated carbocycles. The summed E-state index contributed by atoms with van der Waals surface area (Å²) in [6.07, 6.45) is 1.40. The summed E-state index contributed by atoms with van der Waals surface area (Å²) in [6, 6.07) is 26.2. The average molecular weight is 432 g/mol. The number of anilines is 2. The molecule has 3 rings (SSSR count). The van der Waals surface area contributed by atoms with Gasteiger partial charge in [0.15, 0.2) is 0 Å². The number of ether oxygens (including phenoxy) is 2. The zero-order chi connectivity index (χ0) is 22.8. The topological polar surface area (TPSA) is 55.8 Å². The quantitative estimate of drug-likeness (QED) is 0.285. The van der Waals surface area contributed by atoms with Gasteiger partial charge in [0.2, 0.25) is 0 Å². The van der Waals surface area contributed by atoms with E-state index in [0.29, 0.717) is 18.4 Å². The van der Waals surface area contributed by atoms with Crippen molar-refractivity contribution in [2.45, 2.75) is 39.2 Å². The number of hydrogen-bond acceptors (Lipinski definition) is 4. The van der Waals surface area contributed by atoms with E-state index in [0.717, 1.165) is 17.8 Å². The van der Waals surface area contributed by atoms with Crippen LogP contribution in [0, 0.1) is 0 Å². The van der Waals surface area contributed by atoms with Gasteiger partial charge < -0.3 is 9.47 Å². The predicted molar refractivity (Wildman–Crippen MR) is 126 cm³/mol. The molecule has 0 fully saturated rings. The molecular weight excluding hydrogens is 402 g/mol. The summed E-state index contributed by atoms with van der Waals surface area (Å²) in [4.78, 5) is 26.7. The van der Waals surface area contributed by atoms with E-state index in [1.54, 1.807) is 17.0 Å². The van der Waals surface area contributed by atoms with E-state index >= 15 is 0 Å². The standard InChI is InChI=1S/C27H29NO4/c1-3-22-16-18-23(19-17-22)26(29)32-21(2)11-10-20-31-27(30)28(24-12-6-4-7-13-24)25-14-8-5-9-15-25/h4-9,12-19,21H,3,10-11,20H2,1-2H3. The molecule has 0 aliphatic rings. The van der Waals surface area contributed by atoms with Crippen molar-refractivity contribution in [3.63, 3.8) is 0 Å². The summed E-state index contributed by atoms with van der Waals surface area (Å²) in [5, 5.41) is 0. The first-order chi connectivity index (χ1) is 15.6. The number of aryl methyl sites for hydroxylation is 1. The van der Waals surface area contributed by atoms with Crippen molar-refractivity contribution in [3.05, 3.63) is 96.1 Å². The van der Waals surface area contributed by atoms with Gasteiger partial charge in [-0.1, -0.05) is 55.5 Å². The van der Waals surface area contributed by atoms with Crippen molar-refractivity contribution in [3.8, 4) is 0 Å². The highest BCUT2D eigenvalue weighted by atomic mass is 16.6. The molecule has 1 atom stereocenters. The Balaban J connectivity index is 1.49. The SMILES string of the molecule is CCc1ccc(C(=O)OC(C)CCCOC(=O)N(c2ccccc2)c2ccccc2)cc1. The first-order valence-electron chi connectivity index (χ1n) is 11.0. The van der Waals surface area contributed by atoms with Crippen LogP contribution >= 0.6 is 0 Å². The number of amides is 1. The van der Waals surface area contributed by atoms with Gasteiger partial charge in [0.1, 0.15) is 0 Å². The van der Waals surface area contributed by atoms with E-state index in [2.05, 4.69) is 6.92 Å². The lowest BCUT2D eigenvalue weighted by molar-refractivity contribution is 0.0307. The van der Waals surface area contributed by atoms with Gasteiger partial charge in [0.25, 0.3) is 0 Å². The van der Waals surface area contributed by atoms with Crippen molar-refractivity contribution in [1.29, 1.82) is 0 Å². The highest BCUT2D eigenvalue weighted by Crippen LogP contribution is 2.25. The molecule has 5 nitrogen and oxygen atoms in total. The summed E-state index contributed by atoms with van der Waals surface area (Å²) in [6.45, 7) is 4.16. The highest BCUT2D eigenvalue weighted by molar-refractivity contribution is 5.95. The van der Waals surface area contributed by atoms with Crippen LogP contribution in [0.4, 0.5) is 16.2 Å². The fraction of sp³-hybridized carbons (Fsp3) is 0.259. The third-order valence-electron chi connectivity index (χ3n) is 5.10. The second kappa shape index (κ2) is 11.7. The smallest absolute Gasteiger partial charge is 0.418 e. The Morgan fingerprint density at radius 1 is 0.844 bits per heavy atom. The van der Waals surface area contributed by atoms with Gasteiger partial charge in [-0.15, -0.1) is 0 Å². The maximum atomic E-state index is 12.8. The second-order valence-electron chi connectivity index (χ2n) is 7.53. The first kappa shape index (κ1) is 23.1. The number of benzene rings is 3. The number of esters is 1. The van der Waals surface area contributed by atoms with Crippen LogP contribution in [0.15, 0.2) is 84.9 Å². The lowest BCUT2D eigenvalue weighted by atomic mass is 10.1. The molecule has 166 valence electrons. The normalized spacial score (nSPS) is 11.4. The molecule has 1 unspecified atom stereocenters. The van der Waals surface area contributed by atoms with Crippen LogP contribution in [0.25, 0.3) is 0 Å². The van der Waals surface area contributed by atoms with Crippen LogP contribution < -0.4 is 4.90 Å².